The standard InChI is InChI=1S/C29H35N5O3/c1-22(2)32-15-8-16-34(27(35)21-37-25-11-5-4-6-12-25)28-23(3)9-7-10-24(28)20-33(18-17-32)29(36)26-19-30-13-14-31-26/h4-7,9-14,19,22H,8,15-18,20-21H2,1-3H3. The van der Waals surface area contributed by atoms with Crippen molar-refractivity contribution >= 4 is 17.5 Å². The van der Waals surface area contributed by atoms with Gasteiger partial charge in [-0.3, -0.25) is 19.5 Å². The Labute approximate surface area is 218 Å². The number of nitrogens with zero attached hydrogens (tertiary/aromatic N) is 5. The van der Waals surface area contributed by atoms with E-state index in [2.05, 4.69) is 28.7 Å². The molecule has 2 aromatic carbocycles. The third-order valence-electron chi connectivity index (χ3n) is 6.64. The quantitative estimate of drug-likeness (QED) is 0.527. The molecule has 1 aliphatic heterocycles. The van der Waals surface area contributed by atoms with Gasteiger partial charge in [-0.2, -0.15) is 0 Å². The second-order valence-electron chi connectivity index (χ2n) is 9.53. The molecule has 0 aliphatic carbocycles. The molecule has 37 heavy (non-hydrogen) atoms. The Kier molecular flexibility index (Phi) is 8.85. The summed E-state index contributed by atoms with van der Waals surface area (Å²) in [5.74, 6) is 0.376. The third kappa shape index (κ3) is 6.71. The zero-order valence-corrected chi connectivity index (χ0v) is 21.8. The Morgan fingerprint density at radius 2 is 1.78 bits per heavy atom. The van der Waals surface area contributed by atoms with Gasteiger partial charge in [-0.15, -0.1) is 0 Å². The first kappa shape index (κ1) is 26.3. The molecule has 8 heteroatoms. The van der Waals surface area contributed by atoms with Gasteiger partial charge in [-0.1, -0.05) is 36.4 Å². The smallest absolute Gasteiger partial charge is 0.274 e. The van der Waals surface area contributed by atoms with Crippen molar-refractivity contribution in [1.29, 1.82) is 0 Å². The van der Waals surface area contributed by atoms with E-state index in [4.69, 9.17) is 4.74 Å². The Hall–Kier alpha value is -3.78. The molecule has 1 aromatic heterocycles. The second-order valence-corrected chi connectivity index (χ2v) is 9.53. The van der Waals surface area contributed by atoms with E-state index in [1.165, 1.54) is 12.4 Å². The number of fused-ring (bicyclic) bond motifs is 1. The first-order valence-electron chi connectivity index (χ1n) is 12.8. The highest BCUT2D eigenvalue weighted by Gasteiger charge is 2.26. The number of para-hydroxylation sites is 2. The van der Waals surface area contributed by atoms with Gasteiger partial charge in [0.1, 0.15) is 11.4 Å². The van der Waals surface area contributed by atoms with Gasteiger partial charge in [0.15, 0.2) is 6.61 Å². The maximum Gasteiger partial charge on any atom is 0.274 e. The van der Waals surface area contributed by atoms with Gasteiger partial charge in [0.25, 0.3) is 11.8 Å². The van der Waals surface area contributed by atoms with Crippen LogP contribution in [0.1, 0.15) is 41.9 Å². The highest BCUT2D eigenvalue weighted by atomic mass is 16.5. The van der Waals surface area contributed by atoms with Gasteiger partial charge >= 0.3 is 0 Å². The summed E-state index contributed by atoms with van der Waals surface area (Å²) in [6, 6.07) is 15.7. The predicted molar refractivity (Wildman–Crippen MR) is 144 cm³/mol. The molecule has 0 saturated heterocycles. The van der Waals surface area contributed by atoms with Crippen molar-refractivity contribution in [1.82, 2.24) is 19.8 Å². The van der Waals surface area contributed by atoms with Crippen molar-refractivity contribution < 1.29 is 14.3 Å². The summed E-state index contributed by atoms with van der Waals surface area (Å²) in [6.07, 6.45) is 5.40. The molecular formula is C29H35N5O3. The summed E-state index contributed by atoms with van der Waals surface area (Å²) in [6.45, 7) is 9.28. The number of hydrogen-bond acceptors (Lipinski definition) is 6. The second kappa shape index (κ2) is 12.5. The summed E-state index contributed by atoms with van der Waals surface area (Å²) in [5.41, 5.74) is 3.06. The van der Waals surface area contributed by atoms with Crippen LogP contribution in [0.3, 0.4) is 0 Å². The van der Waals surface area contributed by atoms with Crippen molar-refractivity contribution in [2.45, 2.75) is 39.8 Å². The fourth-order valence-electron chi connectivity index (χ4n) is 4.67. The highest BCUT2D eigenvalue weighted by molar-refractivity contribution is 5.96. The Balaban J connectivity index is 1.67. The Morgan fingerprint density at radius 3 is 2.51 bits per heavy atom. The molecule has 4 rings (SSSR count). The fraction of sp³-hybridized carbons (Fsp3) is 0.379. The van der Waals surface area contributed by atoms with Crippen LogP contribution in [0, 0.1) is 6.92 Å². The van der Waals surface area contributed by atoms with Gasteiger partial charge in [0.2, 0.25) is 0 Å². The lowest BCUT2D eigenvalue weighted by atomic mass is 10.0. The lowest BCUT2D eigenvalue weighted by Crippen LogP contribution is -2.41. The summed E-state index contributed by atoms with van der Waals surface area (Å²) < 4.78 is 5.82. The van der Waals surface area contributed by atoms with Crippen molar-refractivity contribution in [2.24, 2.45) is 0 Å². The van der Waals surface area contributed by atoms with Crippen molar-refractivity contribution in [3.05, 3.63) is 83.9 Å². The van der Waals surface area contributed by atoms with E-state index in [-0.39, 0.29) is 18.4 Å². The van der Waals surface area contributed by atoms with Crippen LogP contribution < -0.4 is 9.64 Å². The fourth-order valence-corrected chi connectivity index (χ4v) is 4.67. The average molecular weight is 502 g/mol. The summed E-state index contributed by atoms with van der Waals surface area (Å²) in [5, 5.41) is 0. The first-order valence-corrected chi connectivity index (χ1v) is 12.8. The zero-order valence-electron chi connectivity index (χ0n) is 21.8. The van der Waals surface area contributed by atoms with E-state index in [9.17, 15) is 9.59 Å². The maximum absolute atomic E-state index is 13.6. The van der Waals surface area contributed by atoms with Crippen LogP contribution >= 0.6 is 0 Å². The molecule has 3 aromatic rings. The van der Waals surface area contributed by atoms with Crippen molar-refractivity contribution in [3.63, 3.8) is 0 Å². The minimum absolute atomic E-state index is 0.0616. The molecular weight excluding hydrogens is 466 g/mol. The van der Waals surface area contributed by atoms with Crippen LogP contribution in [0.4, 0.5) is 5.69 Å². The van der Waals surface area contributed by atoms with Crippen LogP contribution in [-0.2, 0) is 11.3 Å². The van der Waals surface area contributed by atoms with E-state index in [1.807, 2.05) is 65.3 Å². The number of aromatic nitrogens is 2. The van der Waals surface area contributed by atoms with Gasteiger partial charge in [0, 0.05) is 51.2 Å². The van der Waals surface area contributed by atoms with Crippen molar-refractivity contribution in [2.75, 3.05) is 37.7 Å². The maximum atomic E-state index is 13.6. The lowest BCUT2D eigenvalue weighted by molar-refractivity contribution is -0.120. The predicted octanol–water partition coefficient (Wildman–Crippen LogP) is 3.95. The van der Waals surface area contributed by atoms with Gasteiger partial charge in [0.05, 0.1) is 11.9 Å². The molecule has 2 amide bonds. The number of carbonyl (C=O) groups excluding carboxylic acids is 2. The average Bonchev–Trinajstić information content (AvgIpc) is 2.95. The van der Waals surface area contributed by atoms with E-state index < -0.39 is 0 Å². The number of amides is 2. The molecule has 0 N–H and O–H groups in total. The van der Waals surface area contributed by atoms with Crippen LogP contribution in [0.2, 0.25) is 0 Å². The van der Waals surface area contributed by atoms with Gasteiger partial charge in [-0.25, -0.2) is 4.98 Å². The molecule has 0 unspecified atom stereocenters. The summed E-state index contributed by atoms with van der Waals surface area (Å²) in [7, 11) is 0. The minimum atomic E-state index is -0.172. The highest BCUT2D eigenvalue weighted by Crippen LogP contribution is 2.28. The van der Waals surface area contributed by atoms with E-state index in [1.54, 1.807) is 6.20 Å². The normalized spacial score (nSPS) is 15.1. The monoisotopic (exact) mass is 501 g/mol. The molecule has 194 valence electrons. The number of benzene rings is 2. The molecule has 1 aliphatic rings. The van der Waals surface area contributed by atoms with Crippen LogP contribution in [0.15, 0.2) is 67.1 Å². The van der Waals surface area contributed by atoms with Gasteiger partial charge < -0.3 is 14.5 Å². The molecule has 0 spiro atoms. The van der Waals surface area contributed by atoms with Crippen LogP contribution in [-0.4, -0.2) is 70.4 Å². The topological polar surface area (TPSA) is 78.9 Å². The molecule has 0 bridgehead atoms. The Morgan fingerprint density at radius 1 is 0.973 bits per heavy atom. The summed E-state index contributed by atoms with van der Waals surface area (Å²) >= 11 is 0. The van der Waals surface area contributed by atoms with Crippen LogP contribution in [0.5, 0.6) is 5.75 Å². The van der Waals surface area contributed by atoms with Crippen molar-refractivity contribution in [3.8, 4) is 5.75 Å². The lowest BCUT2D eigenvalue weighted by Gasteiger charge is -2.30. The number of anilines is 1. The number of hydrogen-bond donors (Lipinski definition) is 0. The number of aryl methyl sites for hydroxylation is 1. The minimum Gasteiger partial charge on any atom is -0.484 e. The van der Waals surface area contributed by atoms with E-state index in [0.717, 1.165) is 36.3 Å². The number of ether oxygens (including phenoxy) is 1. The SMILES string of the molecule is Cc1cccc2c1N(C(=O)COc1ccccc1)CCCN(C(C)C)CCN(C(=O)c1cnccn1)C2. The van der Waals surface area contributed by atoms with Crippen LogP contribution in [0.25, 0.3) is 0 Å². The molecule has 0 radical (unpaired) electrons. The Bertz CT molecular complexity index is 1190. The molecule has 2 heterocycles. The molecule has 0 fully saturated rings. The van der Waals surface area contributed by atoms with E-state index in [0.29, 0.717) is 37.1 Å². The largest absolute Gasteiger partial charge is 0.484 e. The van der Waals surface area contributed by atoms with Gasteiger partial charge in [-0.05, 0) is 50.5 Å². The number of rotatable bonds is 5. The zero-order chi connectivity index (χ0) is 26.2. The first-order chi connectivity index (χ1) is 17.9. The molecule has 0 saturated carbocycles. The third-order valence-corrected chi connectivity index (χ3v) is 6.64. The van der Waals surface area contributed by atoms with E-state index >= 15 is 0 Å². The molecule has 0 atom stereocenters. The summed E-state index contributed by atoms with van der Waals surface area (Å²) in [4.78, 5) is 41.4. The molecule has 8 nitrogen and oxygen atoms in total. The number of carbonyl (C=O) groups is 2.